The second kappa shape index (κ2) is 7.79. The van der Waals surface area contributed by atoms with Gasteiger partial charge >= 0.3 is 0 Å². The van der Waals surface area contributed by atoms with E-state index in [2.05, 4.69) is 56.8 Å². The average molecular weight is 349 g/mol. The number of nitrogens with zero attached hydrogens (tertiary/aromatic N) is 5. The molecule has 0 N–H and O–H groups in total. The predicted octanol–water partition coefficient (Wildman–Crippen LogP) is 4.23. The smallest absolute Gasteiger partial charge is 0.0881 e. The van der Waals surface area contributed by atoms with Crippen LogP contribution in [0.2, 0.25) is 0 Å². The number of piperazine rings is 1. The summed E-state index contributed by atoms with van der Waals surface area (Å²) in [6.07, 6.45) is 1.98. The summed E-state index contributed by atoms with van der Waals surface area (Å²) in [4.78, 5) is 9.40. The largest absolute Gasteiger partial charge is 0.368 e. The van der Waals surface area contributed by atoms with Gasteiger partial charge in [0.2, 0.25) is 0 Å². The number of hydrogen-bond donors (Lipinski definition) is 0. The van der Waals surface area contributed by atoms with Crippen LogP contribution in [0.4, 0.5) is 11.4 Å². The Balaban J connectivity index is 1.89. The van der Waals surface area contributed by atoms with Crippen molar-refractivity contribution >= 4 is 16.9 Å². The molecule has 1 fully saturated rings. The Hall–Kier alpha value is -2.53. The molecule has 0 atom stereocenters. The van der Waals surface area contributed by atoms with E-state index in [0.717, 1.165) is 59.8 Å². The van der Waals surface area contributed by atoms with Gasteiger partial charge in [-0.3, -0.25) is 4.98 Å². The van der Waals surface area contributed by atoms with Gasteiger partial charge in [0.1, 0.15) is 0 Å². The van der Waals surface area contributed by atoms with Crippen molar-refractivity contribution in [1.82, 2.24) is 9.88 Å². The van der Waals surface area contributed by atoms with Crippen LogP contribution >= 0.6 is 0 Å². The third kappa shape index (κ3) is 3.83. The fourth-order valence-electron chi connectivity index (χ4n) is 3.28. The molecule has 1 aliphatic heterocycles. The van der Waals surface area contributed by atoms with Crippen molar-refractivity contribution < 1.29 is 0 Å². The first-order chi connectivity index (χ1) is 12.5. The summed E-state index contributed by atoms with van der Waals surface area (Å²) in [6, 6.07) is 8.40. The third-order valence-electron chi connectivity index (χ3n) is 5.02. The van der Waals surface area contributed by atoms with Gasteiger partial charge < -0.3 is 9.80 Å². The fraction of sp³-hybridized carbons (Fsp3) is 0.381. The van der Waals surface area contributed by atoms with E-state index < -0.39 is 0 Å². The van der Waals surface area contributed by atoms with Crippen molar-refractivity contribution in [2.75, 3.05) is 45.2 Å². The van der Waals surface area contributed by atoms with Crippen LogP contribution in [0.1, 0.15) is 22.4 Å². The van der Waals surface area contributed by atoms with Gasteiger partial charge in [-0.05, 0) is 55.8 Å². The minimum absolute atomic E-state index is 0.894. The lowest BCUT2D eigenvalue weighted by atomic mass is 9.96. The topological polar surface area (TPSA) is 44.1 Å². The fourth-order valence-corrected chi connectivity index (χ4v) is 3.28. The first-order valence-corrected chi connectivity index (χ1v) is 9.00. The molecule has 1 saturated heterocycles. The second-order valence-corrected chi connectivity index (χ2v) is 6.90. The number of aromatic nitrogens is 1. The second-order valence-electron chi connectivity index (χ2n) is 6.90. The molecule has 0 unspecified atom stereocenters. The highest BCUT2D eigenvalue weighted by Crippen LogP contribution is 2.30. The van der Waals surface area contributed by atoms with E-state index in [-0.39, 0.29) is 0 Å². The van der Waals surface area contributed by atoms with Crippen LogP contribution in [0.25, 0.3) is 5.57 Å². The summed E-state index contributed by atoms with van der Waals surface area (Å²) in [7, 11) is 3.85. The van der Waals surface area contributed by atoms with Gasteiger partial charge in [-0.1, -0.05) is 12.6 Å². The maximum absolute atomic E-state index is 4.64. The van der Waals surface area contributed by atoms with Crippen LogP contribution in [0.5, 0.6) is 0 Å². The molecule has 0 bridgehead atoms. The lowest BCUT2D eigenvalue weighted by Crippen LogP contribution is -2.44. The molecule has 0 saturated carbocycles. The van der Waals surface area contributed by atoms with E-state index in [0.29, 0.717) is 0 Å². The van der Waals surface area contributed by atoms with Crippen molar-refractivity contribution in [3.05, 3.63) is 59.4 Å². The number of hydrogen-bond acceptors (Lipinski definition) is 5. The maximum atomic E-state index is 4.64. The molecule has 136 valence electrons. The summed E-state index contributed by atoms with van der Waals surface area (Å²) in [6.45, 7) is 12.7. The highest BCUT2D eigenvalue weighted by Gasteiger charge is 2.17. The Morgan fingerprint density at radius 3 is 2.50 bits per heavy atom. The Morgan fingerprint density at radius 1 is 1.12 bits per heavy atom. The van der Waals surface area contributed by atoms with E-state index in [9.17, 15) is 0 Å². The Morgan fingerprint density at radius 2 is 1.85 bits per heavy atom. The van der Waals surface area contributed by atoms with Crippen molar-refractivity contribution in [2.24, 2.45) is 10.2 Å². The van der Waals surface area contributed by atoms with Gasteiger partial charge in [0.25, 0.3) is 0 Å². The number of likely N-dealkylation sites (N-methyl/N-ethyl adjacent to an activating group) is 1. The van der Waals surface area contributed by atoms with E-state index in [1.807, 2.05) is 26.1 Å². The minimum Gasteiger partial charge on any atom is -0.368 e. The van der Waals surface area contributed by atoms with Crippen LogP contribution in [-0.4, -0.2) is 50.2 Å². The van der Waals surface area contributed by atoms with Crippen LogP contribution in [-0.2, 0) is 0 Å². The molecule has 5 nitrogen and oxygen atoms in total. The normalized spacial score (nSPS) is 15.6. The van der Waals surface area contributed by atoms with Crippen LogP contribution in [0.15, 0.2) is 47.3 Å². The van der Waals surface area contributed by atoms with E-state index in [4.69, 9.17) is 0 Å². The first kappa shape index (κ1) is 18.3. The van der Waals surface area contributed by atoms with Gasteiger partial charge in [-0.2, -0.15) is 10.2 Å². The zero-order valence-electron chi connectivity index (χ0n) is 16.2. The van der Waals surface area contributed by atoms with Crippen molar-refractivity contribution in [2.45, 2.75) is 13.8 Å². The number of pyridine rings is 1. The van der Waals surface area contributed by atoms with Crippen molar-refractivity contribution in [3.8, 4) is 0 Å². The van der Waals surface area contributed by atoms with Crippen LogP contribution in [0.3, 0.4) is 0 Å². The molecule has 2 heterocycles. The quantitative estimate of drug-likeness (QED) is 0.776. The molecular weight excluding hydrogens is 322 g/mol. The van der Waals surface area contributed by atoms with Gasteiger partial charge in [0.05, 0.1) is 17.6 Å². The number of azo groups is 1. The van der Waals surface area contributed by atoms with Gasteiger partial charge in [0.15, 0.2) is 0 Å². The standard InChI is InChI=1S/C21H27N5/c1-15-12-18(6-7-21(15)24-22-4)16(2)20-13-19(14-23-17(20)3)26-10-8-25(5)9-11-26/h6-7,12-14H,2,8-11H2,1,3-5H3. The number of aryl methyl sites for hydroxylation is 2. The van der Waals surface area contributed by atoms with Gasteiger partial charge in [-0.25, -0.2) is 0 Å². The molecular formula is C21H27N5. The summed E-state index contributed by atoms with van der Waals surface area (Å²) < 4.78 is 0. The summed E-state index contributed by atoms with van der Waals surface area (Å²) >= 11 is 0. The van der Waals surface area contributed by atoms with E-state index in [1.54, 1.807) is 7.05 Å². The molecule has 3 rings (SSSR count). The number of rotatable bonds is 4. The maximum Gasteiger partial charge on any atom is 0.0881 e. The molecule has 1 aromatic heterocycles. The molecule has 0 amide bonds. The molecule has 0 aliphatic carbocycles. The lowest BCUT2D eigenvalue weighted by Gasteiger charge is -2.34. The molecule has 1 aromatic carbocycles. The van der Waals surface area contributed by atoms with Crippen LogP contribution < -0.4 is 4.90 Å². The van der Waals surface area contributed by atoms with E-state index >= 15 is 0 Å². The number of benzene rings is 1. The van der Waals surface area contributed by atoms with E-state index in [1.165, 1.54) is 5.69 Å². The predicted molar refractivity (Wildman–Crippen MR) is 108 cm³/mol. The Labute approximate surface area is 156 Å². The lowest BCUT2D eigenvalue weighted by molar-refractivity contribution is 0.313. The Bertz CT molecular complexity index is 832. The molecule has 0 spiro atoms. The first-order valence-electron chi connectivity index (χ1n) is 9.00. The summed E-state index contributed by atoms with van der Waals surface area (Å²) in [5.41, 5.74) is 7.36. The highest BCUT2D eigenvalue weighted by molar-refractivity contribution is 5.81. The van der Waals surface area contributed by atoms with Gasteiger partial charge in [-0.15, -0.1) is 0 Å². The highest BCUT2D eigenvalue weighted by atomic mass is 15.2. The SMILES string of the molecule is C=C(c1ccc(N=NC)c(C)c1)c1cc(N2CCN(C)CC2)cnc1C. The van der Waals surface area contributed by atoms with Crippen molar-refractivity contribution in [3.63, 3.8) is 0 Å². The third-order valence-corrected chi connectivity index (χ3v) is 5.02. The van der Waals surface area contributed by atoms with Crippen molar-refractivity contribution in [1.29, 1.82) is 0 Å². The number of anilines is 1. The monoisotopic (exact) mass is 349 g/mol. The van der Waals surface area contributed by atoms with Crippen LogP contribution in [0, 0.1) is 13.8 Å². The molecule has 1 aliphatic rings. The van der Waals surface area contributed by atoms with Gasteiger partial charge in [0, 0.05) is 44.5 Å². The molecule has 26 heavy (non-hydrogen) atoms. The molecule has 2 aromatic rings. The molecule has 5 heteroatoms. The average Bonchev–Trinajstić information content (AvgIpc) is 2.64. The zero-order valence-corrected chi connectivity index (χ0v) is 16.2. The summed E-state index contributed by atoms with van der Waals surface area (Å²) in [5, 5.41) is 8.02. The zero-order chi connectivity index (χ0) is 18.7. The summed E-state index contributed by atoms with van der Waals surface area (Å²) in [5.74, 6) is 0. The molecule has 0 radical (unpaired) electrons. The minimum atomic E-state index is 0.894. The Kier molecular flexibility index (Phi) is 5.47.